The van der Waals surface area contributed by atoms with Gasteiger partial charge in [0, 0.05) is 21.4 Å². The summed E-state index contributed by atoms with van der Waals surface area (Å²) in [7, 11) is 0. The van der Waals surface area contributed by atoms with Crippen LogP contribution in [0.2, 0.25) is 0 Å². The average molecular weight is 378 g/mol. The highest BCUT2D eigenvalue weighted by molar-refractivity contribution is 14.1. The second-order valence-electron chi connectivity index (χ2n) is 4.83. The zero-order chi connectivity index (χ0) is 13.9. The summed E-state index contributed by atoms with van der Waals surface area (Å²) in [6, 6.07) is 13.7. The number of rotatable bonds is 2. The third kappa shape index (κ3) is 2.86. The van der Waals surface area contributed by atoms with Crippen LogP contribution in [0.1, 0.15) is 21.5 Å². The maximum atomic E-state index is 12.3. The van der Waals surface area contributed by atoms with E-state index in [4.69, 9.17) is 0 Å². The molecule has 1 heterocycles. The van der Waals surface area contributed by atoms with E-state index in [2.05, 4.69) is 39.3 Å². The molecule has 0 saturated carbocycles. The molecule has 2 N–H and O–H groups in total. The number of carbonyl (C=O) groups is 1. The molecule has 0 aromatic heterocycles. The normalized spacial score (nSPS) is 13.7. The molecule has 1 aliphatic heterocycles. The third-order valence-electron chi connectivity index (χ3n) is 3.48. The molecule has 2 aromatic rings. The van der Waals surface area contributed by atoms with Gasteiger partial charge in [-0.15, -0.1) is 0 Å². The zero-order valence-corrected chi connectivity index (χ0v) is 13.1. The number of halogens is 1. The van der Waals surface area contributed by atoms with Crippen molar-refractivity contribution in [2.75, 3.05) is 11.9 Å². The molecule has 0 bridgehead atoms. The van der Waals surface area contributed by atoms with E-state index >= 15 is 0 Å². The van der Waals surface area contributed by atoms with E-state index in [1.807, 2.05) is 36.4 Å². The minimum absolute atomic E-state index is 0.0459. The third-order valence-corrected chi connectivity index (χ3v) is 4.15. The van der Waals surface area contributed by atoms with Gasteiger partial charge in [0.2, 0.25) is 0 Å². The first-order chi connectivity index (χ1) is 9.74. The highest BCUT2D eigenvalue weighted by Gasteiger charge is 2.14. The highest BCUT2D eigenvalue weighted by Crippen LogP contribution is 2.23. The second-order valence-corrected chi connectivity index (χ2v) is 6.08. The maximum Gasteiger partial charge on any atom is 0.255 e. The molecule has 0 spiro atoms. The molecular formula is C16H15IN2O. The number of hydrogen-bond donors (Lipinski definition) is 2. The number of benzene rings is 2. The lowest BCUT2D eigenvalue weighted by Gasteiger charge is -2.20. The fourth-order valence-corrected chi connectivity index (χ4v) is 3.02. The van der Waals surface area contributed by atoms with Crippen molar-refractivity contribution in [1.29, 1.82) is 0 Å². The Morgan fingerprint density at radius 1 is 1.20 bits per heavy atom. The quantitative estimate of drug-likeness (QED) is 0.789. The summed E-state index contributed by atoms with van der Waals surface area (Å²) in [4.78, 5) is 12.3. The first kappa shape index (κ1) is 13.6. The molecule has 0 atom stereocenters. The molecule has 20 heavy (non-hydrogen) atoms. The van der Waals surface area contributed by atoms with Crippen LogP contribution in [0.15, 0.2) is 42.5 Å². The molecule has 4 heteroatoms. The van der Waals surface area contributed by atoms with E-state index in [9.17, 15) is 4.79 Å². The van der Waals surface area contributed by atoms with Crippen molar-refractivity contribution < 1.29 is 4.79 Å². The molecular weight excluding hydrogens is 363 g/mol. The van der Waals surface area contributed by atoms with E-state index in [-0.39, 0.29) is 5.91 Å². The standard InChI is InChI=1S/C16H15IN2O/c17-13-5-1-3-11(9-13)16(20)19-15-6-2-4-12-10-18-8-7-14(12)15/h1-6,9,18H,7-8,10H2,(H,19,20). The Hall–Kier alpha value is -1.40. The van der Waals surface area contributed by atoms with Gasteiger partial charge in [-0.05, 0) is 70.9 Å². The van der Waals surface area contributed by atoms with E-state index in [1.165, 1.54) is 11.1 Å². The molecule has 0 aliphatic carbocycles. The van der Waals surface area contributed by atoms with E-state index in [0.29, 0.717) is 5.56 Å². The van der Waals surface area contributed by atoms with Gasteiger partial charge in [-0.25, -0.2) is 0 Å². The average Bonchev–Trinajstić information content (AvgIpc) is 2.47. The number of fused-ring (bicyclic) bond motifs is 1. The predicted molar refractivity (Wildman–Crippen MR) is 89.0 cm³/mol. The molecule has 102 valence electrons. The van der Waals surface area contributed by atoms with Gasteiger partial charge in [-0.3, -0.25) is 4.79 Å². The summed E-state index contributed by atoms with van der Waals surface area (Å²) >= 11 is 2.22. The van der Waals surface area contributed by atoms with E-state index < -0.39 is 0 Å². The Labute approximate surface area is 131 Å². The topological polar surface area (TPSA) is 41.1 Å². The number of hydrogen-bond acceptors (Lipinski definition) is 2. The fourth-order valence-electron chi connectivity index (χ4n) is 2.47. The molecule has 3 nitrogen and oxygen atoms in total. The van der Waals surface area contributed by atoms with Gasteiger partial charge in [0.1, 0.15) is 0 Å². The molecule has 0 saturated heterocycles. The summed E-state index contributed by atoms with van der Waals surface area (Å²) < 4.78 is 1.06. The van der Waals surface area contributed by atoms with Gasteiger partial charge < -0.3 is 10.6 Å². The van der Waals surface area contributed by atoms with Crippen LogP contribution in [0.25, 0.3) is 0 Å². The van der Waals surface area contributed by atoms with Crippen molar-refractivity contribution in [1.82, 2.24) is 5.32 Å². The van der Waals surface area contributed by atoms with Crippen molar-refractivity contribution >= 4 is 34.2 Å². The van der Waals surface area contributed by atoms with Gasteiger partial charge in [0.25, 0.3) is 5.91 Å². The van der Waals surface area contributed by atoms with Crippen LogP contribution < -0.4 is 10.6 Å². The summed E-state index contributed by atoms with van der Waals surface area (Å²) in [5, 5.41) is 6.39. The second kappa shape index (κ2) is 5.93. The smallest absolute Gasteiger partial charge is 0.255 e. The summed E-state index contributed by atoms with van der Waals surface area (Å²) in [5.41, 5.74) is 4.17. The number of nitrogens with one attached hydrogen (secondary N) is 2. The Balaban J connectivity index is 1.86. The van der Waals surface area contributed by atoms with Gasteiger partial charge >= 0.3 is 0 Å². The van der Waals surface area contributed by atoms with E-state index in [1.54, 1.807) is 0 Å². The van der Waals surface area contributed by atoms with Crippen LogP contribution in [0, 0.1) is 3.57 Å². The van der Waals surface area contributed by atoms with Crippen LogP contribution in [0.5, 0.6) is 0 Å². The van der Waals surface area contributed by atoms with Crippen molar-refractivity contribution in [2.24, 2.45) is 0 Å². The molecule has 1 aliphatic rings. The first-order valence-electron chi connectivity index (χ1n) is 6.62. The zero-order valence-electron chi connectivity index (χ0n) is 10.9. The Bertz CT molecular complexity index is 655. The summed E-state index contributed by atoms with van der Waals surface area (Å²) in [6.45, 7) is 1.84. The Kier molecular flexibility index (Phi) is 4.03. The first-order valence-corrected chi connectivity index (χ1v) is 7.70. The summed E-state index contributed by atoms with van der Waals surface area (Å²) in [5.74, 6) is -0.0459. The Morgan fingerprint density at radius 3 is 2.90 bits per heavy atom. The van der Waals surface area contributed by atoms with Crippen molar-refractivity contribution in [3.8, 4) is 0 Å². The van der Waals surface area contributed by atoms with E-state index in [0.717, 1.165) is 28.8 Å². The maximum absolute atomic E-state index is 12.3. The van der Waals surface area contributed by atoms with Crippen LogP contribution in [-0.2, 0) is 13.0 Å². The van der Waals surface area contributed by atoms with Crippen molar-refractivity contribution in [3.05, 3.63) is 62.7 Å². The minimum atomic E-state index is -0.0459. The number of carbonyl (C=O) groups excluding carboxylic acids is 1. The largest absolute Gasteiger partial charge is 0.322 e. The minimum Gasteiger partial charge on any atom is -0.322 e. The molecule has 0 fully saturated rings. The lowest BCUT2D eigenvalue weighted by Crippen LogP contribution is -2.25. The number of anilines is 1. The summed E-state index contributed by atoms with van der Waals surface area (Å²) in [6.07, 6.45) is 0.956. The van der Waals surface area contributed by atoms with Crippen molar-refractivity contribution in [2.45, 2.75) is 13.0 Å². The predicted octanol–water partition coefficient (Wildman–Crippen LogP) is 3.19. The molecule has 0 unspecified atom stereocenters. The van der Waals surface area contributed by atoms with Crippen molar-refractivity contribution in [3.63, 3.8) is 0 Å². The van der Waals surface area contributed by atoms with Crippen LogP contribution in [-0.4, -0.2) is 12.5 Å². The van der Waals surface area contributed by atoms with Crippen LogP contribution in [0.3, 0.4) is 0 Å². The Morgan fingerprint density at radius 2 is 2.05 bits per heavy atom. The monoisotopic (exact) mass is 378 g/mol. The van der Waals surface area contributed by atoms with Gasteiger partial charge in [0.05, 0.1) is 0 Å². The molecule has 2 aromatic carbocycles. The van der Waals surface area contributed by atoms with Gasteiger partial charge in [-0.1, -0.05) is 18.2 Å². The van der Waals surface area contributed by atoms with Gasteiger partial charge in [-0.2, -0.15) is 0 Å². The fraction of sp³-hybridized carbons (Fsp3) is 0.188. The molecule has 3 rings (SSSR count). The SMILES string of the molecule is O=C(Nc1cccc2c1CCNC2)c1cccc(I)c1. The number of amides is 1. The van der Waals surface area contributed by atoms with Gasteiger partial charge in [0.15, 0.2) is 0 Å². The lowest BCUT2D eigenvalue weighted by atomic mass is 9.99. The lowest BCUT2D eigenvalue weighted by molar-refractivity contribution is 0.102. The van der Waals surface area contributed by atoms with Crippen LogP contribution >= 0.6 is 22.6 Å². The molecule has 1 amide bonds. The molecule has 0 radical (unpaired) electrons. The highest BCUT2D eigenvalue weighted by atomic mass is 127. The van der Waals surface area contributed by atoms with Crippen LogP contribution in [0.4, 0.5) is 5.69 Å².